The van der Waals surface area contributed by atoms with Gasteiger partial charge in [0.2, 0.25) is 5.88 Å². The fourth-order valence-electron chi connectivity index (χ4n) is 9.98. The van der Waals surface area contributed by atoms with E-state index in [4.69, 9.17) is 8.83 Å². The first-order valence-electron chi connectivity index (χ1n) is 18.9. The molecule has 8 aromatic rings. The lowest BCUT2D eigenvalue weighted by Gasteiger charge is -2.44. The fraction of sp³-hybridized carbons (Fsp3) is 0.277. The van der Waals surface area contributed by atoms with E-state index in [0.717, 1.165) is 50.7 Å². The van der Waals surface area contributed by atoms with Crippen molar-refractivity contribution in [2.75, 3.05) is 4.90 Å². The number of hydrogen-bond acceptors (Lipinski definition) is 3. The van der Waals surface area contributed by atoms with Crippen LogP contribution in [0.2, 0.25) is 0 Å². The van der Waals surface area contributed by atoms with E-state index in [1.54, 1.807) is 0 Å². The summed E-state index contributed by atoms with van der Waals surface area (Å²) in [6, 6.07) is 33.9. The minimum atomic E-state index is -0.113. The lowest BCUT2D eigenvalue weighted by Crippen LogP contribution is -2.56. The molecule has 3 aromatic heterocycles. The molecule has 1 aliphatic carbocycles. The van der Waals surface area contributed by atoms with Crippen molar-refractivity contribution in [1.29, 1.82) is 0 Å². The Morgan fingerprint density at radius 3 is 2.02 bits per heavy atom. The first-order chi connectivity index (χ1) is 24.8. The average molecular weight is 679 g/mol. The van der Waals surface area contributed by atoms with Gasteiger partial charge in [-0.25, -0.2) is 0 Å². The van der Waals surface area contributed by atoms with Gasteiger partial charge in [-0.3, -0.25) is 4.90 Å². The van der Waals surface area contributed by atoms with Crippen LogP contribution in [0.25, 0.3) is 55.1 Å². The summed E-state index contributed by atoms with van der Waals surface area (Å²) in [6.45, 7) is 18.9. The standard InChI is InChI=1S/C47H43BN2O2/c1-26-22-33-34(47(7,8)21-20-46(33,5)6)25-35(26)49-36-24-27(45(2,3)4)23-32-28-16-13-17-31-41(28)50(42-30-15-10-12-19-38(30)51-43(31)42)48(39(32)36)40-29-14-9-11-18-37(29)52-44(40)49/h9-19,22-25H,20-21H2,1-8H3. The second-order valence-corrected chi connectivity index (χ2v) is 18.1. The normalized spacial score (nSPS) is 16.9. The molecule has 52 heavy (non-hydrogen) atoms. The molecule has 256 valence electrons. The average Bonchev–Trinajstić information content (AvgIpc) is 3.78. The van der Waals surface area contributed by atoms with Crippen LogP contribution in [0.5, 0.6) is 0 Å². The Labute approximate surface area is 305 Å². The molecule has 5 heterocycles. The maximum atomic E-state index is 7.16. The molecule has 0 spiro atoms. The zero-order chi connectivity index (χ0) is 35.6. The third-order valence-corrected chi connectivity index (χ3v) is 12.9. The van der Waals surface area contributed by atoms with E-state index in [1.165, 1.54) is 67.6 Å². The maximum Gasteiger partial charge on any atom is 0.337 e. The zero-order valence-corrected chi connectivity index (χ0v) is 31.4. The third-order valence-electron chi connectivity index (χ3n) is 12.9. The summed E-state index contributed by atoms with van der Waals surface area (Å²) >= 11 is 0. The second-order valence-electron chi connectivity index (χ2n) is 18.1. The van der Waals surface area contributed by atoms with E-state index in [-0.39, 0.29) is 23.1 Å². The van der Waals surface area contributed by atoms with Crippen LogP contribution in [0, 0.1) is 6.92 Å². The topological polar surface area (TPSA) is 34.5 Å². The van der Waals surface area contributed by atoms with Crippen LogP contribution in [-0.4, -0.2) is 11.3 Å². The van der Waals surface area contributed by atoms with Gasteiger partial charge in [0.1, 0.15) is 11.2 Å². The Kier molecular flexibility index (Phi) is 5.64. The molecule has 0 atom stereocenters. The number of nitrogens with zero attached hydrogens (tertiary/aromatic N) is 2. The summed E-state index contributed by atoms with van der Waals surface area (Å²) < 4.78 is 16.5. The Hall–Kier alpha value is -5.16. The predicted octanol–water partition coefficient (Wildman–Crippen LogP) is 11.7. The molecule has 0 saturated carbocycles. The van der Waals surface area contributed by atoms with E-state index in [0.29, 0.717) is 0 Å². The molecule has 0 radical (unpaired) electrons. The monoisotopic (exact) mass is 678 g/mol. The summed E-state index contributed by atoms with van der Waals surface area (Å²) in [5.41, 5.74) is 18.3. The Bertz CT molecular complexity index is 2870. The molecule has 5 aromatic carbocycles. The predicted molar refractivity (Wildman–Crippen MR) is 218 cm³/mol. The Balaban J connectivity index is 1.33. The summed E-state index contributed by atoms with van der Waals surface area (Å²) in [6.07, 6.45) is 2.35. The van der Waals surface area contributed by atoms with Crippen molar-refractivity contribution in [3.8, 4) is 11.1 Å². The SMILES string of the molecule is Cc1cc2c(cc1N1c3cc(C(C)(C)C)cc4c3B(c3c1oc1ccccc31)n1c3c-4cccc3c3oc4ccccc4c31)C(C)(C)CCC2(C)C. The van der Waals surface area contributed by atoms with Crippen molar-refractivity contribution in [2.24, 2.45) is 0 Å². The number of aryl methyl sites for hydroxylation is 1. The van der Waals surface area contributed by atoms with Crippen molar-refractivity contribution in [2.45, 2.75) is 84.5 Å². The summed E-state index contributed by atoms with van der Waals surface area (Å²) in [7, 11) is 0. The number of rotatable bonds is 1. The minimum Gasteiger partial charge on any atom is -0.454 e. The second kappa shape index (κ2) is 9.63. The van der Waals surface area contributed by atoms with E-state index < -0.39 is 0 Å². The van der Waals surface area contributed by atoms with Crippen LogP contribution in [-0.2, 0) is 16.2 Å². The maximum absolute atomic E-state index is 7.16. The largest absolute Gasteiger partial charge is 0.454 e. The number of hydrogen-bond donors (Lipinski definition) is 0. The molecular formula is C47H43BN2O2. The molecule has 0 fully saturated rings. The minimum absolute atomic E-state index is 0.0681. The molecule has 0 saturated heterocycles. The number of aromatic nitrogens is 1. The van der Waals surface area contributed by atoms with Crippen LogP contribution < -0.4 is 15.8 Å². The van der Waals surface area contributed by atoms with E-state index >= 15 is 0 Å². The molecule has 4 nitrogen and oxygen atoms in total. The molecule has 3 aliphatic rings. The third kappa shape index (κ3) is 3.74. The molecule has 0 amide bonds. The summed E-state index contributed by atoms with van der Waals surface area (Å²) in [4.78, 5) is 2.49. The Morgan fingerprint density at radius 2 is 1.29 bits per heavy atom. The number of benzene rings is 5. The van der Waals surface area contributed by atoms with Crippen LogP contribution >= 0.6 is 0 Å². The molecular weight excluding hydrogens is 635 g/mol. The highest BCUT2D eigenvalue weighted by atomic mass is 16.4. The van der Waals surface area contributed by atoms with Crippen LogP contribution in [0.4, 0.5) is 17.3 Å². The van der Waals surface area contributed by atoms with Crippen molar-refractivity contribution in [3.05, 3.63) is 113 Å². The first-order valence-corrected chi connectivity index (χ1v) is 18.9. The van der Waals surface area contributed by atoms with Crippen LogP contribution in [0.3, 0.4) is 0 Å². The highest BCUT2D eigenvalue weighted by Crippen LogP contribution is 2.52. The van der Waals surface area contributed by atoms with Gasteiger partial charge >= 0.3 is 6.85 Å². The smallest absolute Gasteiger partial charge is 0.337 e. The van der Waals surface area contributed by atoms with Gasteiger partial charge in [0.15, 0.2) is 5.58 Å². The fourth-order valence-corrected chi connectivity index (χ4v) is 9.98. The van der Waals surface area contributed by atoms with Gasteiger partial charge in [-0.2, -0.15) is 0 Å². The lowest BCUT2D eigenvalue weighted by molar-refractivity contribution is 0.332. The highest BCUT2D eigenvalue weighted by Gasteiger charge is 2.48. The zero-order valence-electron chi connectivity index (χ0n) is 31.4. The molecule has 2 aliphatic heterocycles. The van der Waals surface area contributed by atoms with Gasteiger partial charge in [-0.05, 0) is 106 Å². The molecule has 0 unspecified atom stereocenters. The van der Waals surface area contributed by atoms with E-state index in [9.17, 15) is 0 Å². The first kappa shape index (κ1) is 30.5. The van der Waals surface area contributed by atoms with Gasteiger partial charge in [-0.15, -0.1) is 0 Å². The number of fused-ring (bicyclic) bond motifs is 12. The van der Waals surface area contributed by atoms with E-state index in [1.807, 2.05) is 0 Å². The number of furan rings is 2. The highest BCUT2D eigenvalue weighted by molar-refractivity contribution is 6.91. The van der Waals surface area contributed by atoms with Crippen molar-refractivity contribution in [1.82, 2.24) is 4.48 Å². The summed E-state index contributed by atoms with van der Waals surface area (Å²) in [5.74, 6) is 0.911. The van der Waals surface area contributed by atoms with Crippen molar-refractivity contribution in [3.63, 3.8) is 0 Å². The van der Waals surface area contributed by atoms with Crippen LogP contribution in [0.15, 0.2) is 99.8 Å². The van der Waals surface area contributed by atoms with Gasteiger partial charge in [0.05, 0.1) is 11.2 Å². The quantitative estimate of drug-likeness (QED) is 0.162. The van der Waals surface area contributed by atoms with Gasteiger partial charge < -0.3 is 13.3 Å². The molecule has 0 bridgehead atoms. The molecule has 0 N–H and O–H groups in total. The lowest BCUT2D eigenvalue weighted by atomic mass is 9.45. The van der Waals surface area contributed by atoms with Gasteiger partial charge in [-0.1, -0.05) is 103 Å². The molecule has 11 rings (SSSR count). The van der Waals surface area contributed by atoms with Gasteiger partial charge in [0, 0.05) is 38.4 Å². The van der Waals surface area contributed by atoms with Crippen molar-refractivity contribution >= 4 is 79.0 Å². The Morgan fingerprint density at radius 1 is 0.635 bits per heavy atom. The van der Waals surface area contributed by atoms with Crippen molar-refractivity contribution < 1.29 is 8.83 Å². The number of anilines is 3. The molecule has 5 heteroatoms. The van der Waals surface area contributed by atoms with Crippen LogP contribution in [0.1, 0.15) is 83.6 Å². The van der Waals surface area contributed by atoms with E-state index in [2.05, 4.69) is 156 Å². The summed E-state index contributed by atoms with van der Waals surface area (Å²) in [5, 5.41) is 3.45. The van der Waals surface area contributed by atoms with Gasteiger partial charge in [0.25, 0.3) is 0 Å². The number of para-hydroxylation sites is 3.